The minimum Gasteiger partial charge on any atom is -0.478 e. The number of aromatic carboxylic acids is 1. The molecule has 4 N–H and O–H groups in total. The number of carbonyl (C=O) groups excluding carboxylic acids is 1. The molecule has 0 aliphatic heterocycles. The second-order valence-electron chi connectivity index (χ2n) is 3.20. The summed E-state index contributed by atoms with van der Waals surface area (Å²) < 4.78 is 0. The van der Waals surface area contributed by atoms with Crippen LogP contribution in [0.1, 0.15) is 10.4 Å². The van der Waals surface area contributed by atoms with Gasteiger partial charge in [-0.15, -0.1) is 0 Å². The van der Waals surface area contributed by atoms with E-state index in [1.807, 2.05) is 0 Å². The maximum absolute atomic E-state index is 11.4. The van der Waals surface area contributed by atoms with Gasteiger partial charge >= 0.3 is 12.0 Å². The van der Waals surface area contributed by atoms with Crippen LogP contribution in [0.5, 0.6) is 0 Å². The van der Waals surface area contributed by atoms with Crippen molar-refractivity contribution in [3.63, 3.8) is 0 Å². The zero-order chi connectivity index (χ0) is 12.3. The number of nitrogen functional groups attached to an aromatic ring is 1. The van der Waals surface area contributed by atoms with Gasteiger partial charge in [-0.3, -0.25) is 4.90 Å². The molecule has 0 heterocycles. The minimum absolute atomic E-state index is 0.00824. The zero-order valence-corrected chi connectivity index (χ0v) is 9.02. The van der Waals surface area contributed by atoms with Crippen LogP contribution in [-0.4, -0.2) is 31.2 Å². The molecule has 0 saturated carbocycles. The van der Waals surface area contributed by atoms with E-state index in [0.29, 0.717) is 11.4 Å². The Morgan fingerprint density at radius 1 is 1.44 bits per heavy atom. The summed E-state index contributed by atoms with van der Waals surface area (Å²) in [5.74, 6) is -1.13. The average Bonchev–Trinajstić information content (AvgIpc) is 2.26. The zero-order valence-electron chi connectivity index (χ0n) is 9.02. The van der Waals surface area contributed by atoms with E-state index in [-0.39, 0.29) is 5.56 Å². The molecule has 0 aliphatic rings. The molecule has 0 bridgehead atoms. The van der Waals surface area contributed by atoms with Crippen LogP contribution in [0.25, 0.3) is 0 Å². The fourth-order valence-electron chi connectivity index (χ4n) is 1.29. The van der Waals surface area contributed by atoms with Gasteiger partial charge in [0.1, 0.15) is 0 Å². The molecule has 1 rings (SSSR count). The fourth-order valence-corrected chi connectivity index (χ4v) is 1.29. The molecule has 2 amide bonds. The highest BCUT2D eigenvalue weighted by Crippen LogP contribution is 2.22. The molecule has 0 unspecified atom stereocenters. The molecule has 6 heteroatoms. The number of nitrogens with zero attached hydrogens (tertiary/aromatic N) is 1. The van der Waals surface area contributed by atoms with Crippen molar-refractivity contribution in [2.45, 2.75) is 0 Å². The van der Waals surface area contributed by atoms with Crippen molar-refractivity contribution in [2.24, 2.45) is 0 Å². The SMILES string of the molecule is CNC(=O)N(C)c1ccc(N)cc1C(=O)O. The van der Waals surface area contributed by atoms with Crippen molar-refractivity contribution < 1.29 is 14.7 Å². The molecule has 0 spiro atoms. The topological polar surface area (TPSA) is 95.7 Å². The lowest BCUT2D eigenvalue weighted by atomic mass is 10.1. The van der Waals surface area contributed by atoms with Crippen LogP contribution in [0.15, 0.2) is 18.2 Å². The lowest BCUT2D eigenvalue weighted by molar-refractivity contribution is 0.0698. The van der Waals surface area contributed by atoms with Crippen LogP contribution in [0.4, 0.5) is 16.2 Å². The van der Waals surface area contributed by atoms with Crippen molar-refractivity contribution in [3.05, 3.63) is 23.8 Å². The molecule has 6 nitrogen and oxygen atoms in total. The number of carboxylic acid groups (broad SMARTS) is 1. The first kappa shape index (κ1) is 11.8. The Labute approximate surface area is 92.7 Å². The van der Waals surface area contributed by atoms with Gasteiger partial charge in [0.25, 0.3) is 0 Å². The van der Waals surface area contributed by atoms with Gasteiger partial charge in [0, 0.05) is 19.8 Å². The second kappa shape index (κ2) is 4.52. The van der Waals surface area contributed by atoms with Gasteiger partial charge in [-0.05, 0) is 18.2 Å². The number of urea groups is 1. The van der Waals surface area contributed by atoms with E-state index >= 15 is 0 Å². The van der Waals surface area contributed by atoms with Gasteiger partial charge < -0.3 is 16.2 Å². The van der Waals surface area contributed by atoms with Crippen molar-refractivity contribution >= 4 is 23.4 Å². The lowest BCUT2D eigenvalue weighted by Gasteiger charge is -2.18. The molecule has 0 saturated heterocycles. The van der Waals surface area contributed by atoms with Crippen molar-refractivity contribution in [1.29, 1.82) is 0 Å². The molecule has 0 fully saturated rings. The first-order chi connectivity index (χ1) is 7.47. The Balaban J connectivity index is 3.22. The van der Waals surface area contributed by atoms with E-state index in [1.165, 1.54) is 31.1 Å². The monoisotopic (exact) mass is 223 g/mol. The number of nitrogens with two attached hydrogens (primary N) is 1. The number of hydrogen-bond donors (Lipinski definition) is 3. The number of hydrogen-bond acceptors (Lipinski definition) is 3. The summed E-state index contributed by atoms with van der Waals surface area (Å²) in [6.45, 7) is 0. The number of rotatable bonds is 2. The van der Waals surface area contributed by atoms with Crippen LogP contribution < -0.4 is 16.0 Å². The summed E-state index contributed by atoms with van der Waals surface area (Å²) in [5, 5.41) is 11.4. The summed E-state index contributed by atoms with van der Waals surface area (Å²) in [6.07, 6.45) is 0. The van der Waals surface area contributed by atoms with Gasteiger partial charge in [-0.1, -0.05) is 0 Å². The smallest absolute Gasteiger partial charge is 0.337 e. The van der Waals surface area contributed by atoms with E-state index in [0.717, 1.165) is 0 Å². The summed E-state index contributed by atoms with van der Waals surface area (Å²) in [4.78, 5) is 23.5. The van der Waals surface area contributed by atoms with Gasteiger partial charge in [-0.2, -0.15) is 0 Å². The first-order valence-corrected chi connectivity index (χ1v) is 4.55. The van der Waals surface area contributed by atoms with Crippen LogP contribution in [0, 0.1) is 0 Å². The molecule has 0 atom stereocenters. The third kappa shape index (κ3) is 2.22. The average molecular weight is 223 g/mol. The molecular formula is C10H13N3O3. The molecule has 0 aliphatic carbocycles. The standard InChI is InChI=1S/C10H13N3O3/c1-12-10(16)13(2)8-4-3-6(11)5-7(8)9(14)15/h3-5H,11H2,1-2H3,(H,12,16)(H,14,15). The summed E-state index contributed by atoms with van der Waals surface area (Å²) in [7, 11) is 2.95. The summed E-state index contributed by atoms with van der Waals surface area (Å²) >= 11 is 0. The lowest BCUT2D eigenvalue weighted by Crippen LogP contribution is -2.35. The number of nitrogens with one attached hydrogen (secondary N) is 1. The molecule has 86 valence electrons. The molecule has 0 aromatic heterocycles. The Morgan fingerprint density at radius 2 is 2.06 bits per heavy atom. The van der Waals surface area contributed by atoms with Crippen LogP contribution in [0.3, 0.4) is 0 Å². The minimum atomic E-state index is -1.13. The van der Waals surface area contributed by atoms with Gasteiger partial charge in [-0.25, -0.2) is 9.59 Å². The predicted octanol–water partition coefficient (Wildman–Crippen LogP) is 0.743. The van der Waals surface area contributed by atoms with Crippen molar-refractivity contribution in [3.8, 4) is 0 Å². The van der Waals surface area contributed by atoms with Crippen molar-refractivity contribution in [1.82, 2.24) is 5.32 Å². The third-order valence-electron chi connectivity index (χ3n) is 2.13. The number of anilines is 2. The maximum atomic E-state index is 11.4. The Bertz CT molecular complexity index is 431. The number of amides is 2. The van der Waals surface area contributed by atoms with Gasteiger partial charge in [0.15, 0.2) is 0 Å². The number of benzene rings is 1. The maximum Gasteiger partial charge on any atom is 0.337 e. The highest BCUT2D eigenvalue weighted by atomic mass is 16.4. The Hall–Kier alpha value is -2.24. The third-order valence-corrected chi connectivity index (χ3v) is 2.13. The predicted molar refractivity (Wildman–Crippen MR) is 60.7 cm³/mol. The quantitative estimate of drug-likeness (QED) is 0.644. The largest absolute Gasteiger partial charge is 0.478 e. The van der Waals surface area contributed by atoms with E-state index in [2.05, 4.69) is 5.32 Å². The molecule has 1 aromatic carbocycles. The van der Waals surface area contributed by atoms with E-state index in [1.54, 1.807) is 6.07 Å². The summed E-state index contributed by atoms with van der Waals surface area (Å²) in [6, 6.07) is 3.96. The Morgan fingerprint density at radius 3 is 2.56 bits per heavy atom. The molecule has 16 heavy (non-hydrogen) atoms. The number of carboxylic acids is 1. The molecular weight excluding hydrogens is 210 g/mol. The van der Waals surface area contributed by atoms with Gasteiger partial charge in [0.2, 0.25) is 0 Å². The summed E-state index contributed by atoms with van der Waals surface area (Å²) in [5.41, 5.74) is 6.12. The highest BCUT2D eigenvalue weighted by molar-refractivity contribution is 6.01. The fraction of sp³-hybridized carbons (Fsp3) is 0.200. The first-order valence-electron chi connectivity index (χ1n) is 4.55. The molecule has 0 radical (unpaired) electrons. The van der Waals surface area contributed by atoms with Crippen LogP contribution in [0.2, 0.25) is 0 Å². The van der Waals surface area contributed by atoms with E-state index in [9.17, 15) is 9.59 Å². The van der Waals surface area contributed by atoms with E-state index in [4.69, 9.17) is 10.8 Å². The van der Waals surface area contributed by atoms with Crippen LogP contribution >= 0.6 is 0 Å². The highest BCUT2D eigenvalue weighted by Gasteiger charge is 2.17. The normalized spacial score (nSPS) is 9.62. The second-order valence-corrected chi connectivity index (χ2v) is 3.20. The van der Waals surface area contributed by atoms with Crippen LogP contribution in [-0.2, 0) is 0 Å². The van der Waals surface area contributed by atoms with Gasteiger partial charge in [0.05, 0.1) is 11.3 Å². The molecule has 1 aromatic rings. The number of carbonyl (C=O) groups is 2. The Kier molecular flexibility index (Phi) is 3.34. The van der Waals surface area contributed by atoms with E-state index < -0.39 is 12.0 Å². The van der Waals surface area contributed by atoms with Crippen molar-refractivity contribution in [2.75, 3.05) is 24.7 Å².